The van der Waals surface area contributed by atoms with Gasteiger partial charge in [0.15, 0.2) is 0 Å². The molecule has 2 aromatic rings. The zero-order chi connectivity index (χ0) is 19.9. The Morgan fingerprint density at radius 1 is 1.00 bits per heavy atom. The molecule has 144 valence electrons. The second-order valence-electron chi connectivity index (χ2n) is 7.08. The third kappa shape index (κ3) is 5.58. The Bertz CT molecular complexity index is 755. The predicted molar refractivity (Wildman–Crippen MR) is 106 cm³/mol. The number of carbonyl (C=O) groups is 2. The van der Waals surface area contributed by atoms with Crippen molar-refractivity contribution >= 4 is 11.8 Å². The Morgan fingerprint density at radius 3 is 2.22 bits per heavy atom. The van der Waals surface area contributed by atoms with Gasteiger partial charge in [0, 0.05) is 6.54 Å². The van der Waals surface area contributed by atoms with Crippen LogP contribution in [-0.4, -0.2) is 25.5 Å². The average molecular weight is 368 g/mol. The topological polar surface area (TPSA) is 67.4 Å². The number of hydrogen-bond donors (Lipinski definition) is 2. The van der Waals surface area contributed by atoms with E-state index in [1.807, 2.05) is 61.5 Å². The molecule has 0 bridgehead atoms. The SMILES string of the molecule is COc1ccc(CCNC(=O)C(C)(C)C(=O)NC(C)c2ccccc2)cc1. The minimum Gasteiger partial charge on any atom is -0.497 e. The maximum Gasteiger partial charge on any atom is 0.235 e. The largest absolute Gasteiger partial charge is 0.497 e. The Labute approximate surface area is 161 Å². The quantitative estimate of drug-likeness (QED) is 0.703. The van der Waals surface area contributed by atoms with Gasteiger partial charge in [0.1, 0.15) is 11.2 Å². The summed E-state index contributed by atoms with van der Waals surface area (Å²) in [6.07, 6.45) is 0.688. The molecule has 0 saturated carbocycles. The first-order valence-electron chi connectivity index (χ1n) is 9.11. The summed E-state index contributed by atoms with van der Waals surface area (Å²) >= 11 is 0. The van der Waals surface area contributed by atoms with Gasteiger partial charge < -0.3 is 15.4 Å². The molecule has 1 unspecified atom stereocenters. The number of hydrogen-bond acceptors (Lipinski definition) is 3. The van der Waals surface area contributed by atoms with Crippen LogP contribution in [0.4, 0.5) is 0 Å². The standard InChI is InChI=1S/C22H28N2O3/c1-16(18-8-6-5-7-9-18)24-21(26)22(2,3)20(25)23-15-14-17-10-12-19(27-4)13-11-17/h5-13,16H,14-15H2,1-4H3,(H,23,25)(H,24,26). The van der Waals surface area contributed by atoms with Crippen molar-refractivity contribution in [2.45, 2.75) is 33.2 Å². The predicted octanol–water partition coefficient (Wildman–Crippen LogP) is 3.26. The highest BCUT2D eigenvalue weighted by atomic mass is 16.5. The fourth-order valence-electron chi connectivity index (χ4n) is 2.64. The molecule has 0 aromatic heterocycles. The molecule has 0 aliphatic heterocycles. The maximum absolute atomic E-state index is 12.6. The molecule has 2 aromatic carbocycles. The number of ether oxygens (including phenoxy) is 1. The monoisotopic (exact) mass is 368 g/mol. The van der Waals surface area contributed by atoms with Crippen molar-refractivity contribution in [3.8, 4) is 5.75 Å². The molecular weight excluding hydrogens is 340 g/mol. The van der Waals surface area contributed by atoms with Gasteiger partial charge in [0.25, 0.3) is 0 Å². The van der Waals surface area contributed by atoms with Gasteiger partial charge >= 0.3 is 0 Å². The second kappa shape index (κ2) is 9.21. The van der Waals surface area contributed by atoms with E-state index in [1.54, 1.807) is 21.0 Å². The highest BCUT2D eigenvalue weighted by molar-refractivity contribution is 6.04. The van der Waals surface area contributed by atoms with E-state index >= 15 is 0 Å². The van der Waals surface area contributed by atoms with Crippen molar-refractivity contribution < 1.29 is 14.3 Å². The molecule has 2 N–H and O–H groups in total. The van der Waals surface area contributed by atoms with Crippen LogP contribution in [0.25, 0.3) is 0 Å². The van der Waals surface area contributed by atoms with Crippen molar-refractivity contribution in [2.75, 3.05) is 13.7 Å². The Morgan fingerprint density at radius 2 is 1.63 bits per heavy atom. The molecule has 0 saturated heterocycles. The van der Waals surface area contributed by atoms with Crippen molar-refractivity contribution in [3.05, 3.63) is 65.7 Å². The molecule has 5 nitrogen and oxygen atoms in total. The minimum absolute atomic E-state index is 0.162. The summed E-state index contributed by atoms with van der Waals surface area (Å²) in [7, 11) is 1.63. The smallest absolute Gasteiger partial charge is 0.235 e. The van der Waals surface area contributed by atoms with E-state index < -0.39 is 5.41 Å². The van der Waals surface area contributed by atoms with Crippen LogP contribution in [0.1, 0.15) is 37.9 Å². The van der Waals surface area contributed by atoms with E-state index in [0.717, 1.165) is 16.9 Å². The van der Waals surface area contributed by atoms with Crippen LogP contribution < -0.4 is 15.4 Å². The molecule has 0 radical (unpaired) electrons. The Hall–Kier alpha value is -2.82. The van der Waals surface area contributed by atoms with Gasteiger partial charge in [-0.3, -0.25) is 9.59 Å². The highest BCUT2D eigenvalue weighted by Gasteiger charge is 2.36. The molecule has 0 fully saturated rings. The first-order chi connectivity index (χ1) is 12.8. The minimum atomic E-state index is -1.15. The van der Waals surface area contributed by atoms with Gasteiger partial charge in [-0.2, -0.15) is 0 Å². The maximum atomic E-state index is 12.6. The number of nitrogens with one attached hydrogen (secondary N) is 2. The summed E-state index contributed by atoms with van der Waals surface area (Å²) in [6.45, 7) is 5.66. The lowest BCUT2D eigenvalue weighted by atomic mass is 9.90. The number of amides is 2. The summed E-state index contributed by atoms with van der Waals surface area (Å²) in [4.78, 5) is 25.1. The molecule has 0 spiro atoms. The lowest BCUT2D eigenvalue weighted by Gasteiger charge is -2.25. The zero-order valence-corrected chi connectivity index (χ0v) is 16.4. The summed E-state index contributed by atoms with van der Waals surface area (Å²) in [6, 6.07) is 17.2. The van der Waals surface area contributed by atoms with Gasteiger partial charge in [0.05, 0.1) is 13.2 Å². The number of carbonyl (C=O) groups excluding carboxylic acids is 2. The van der Waals surface area contributed by atoms with E-state index in [4.69, 9.17) is 4.74 Å². The lowest BCUT2D eigenvalue weighted by Crippen LogP contribution is -2.48. The van der Waals surface area contributed by atoms with Gasteiger partial charge in [-0.1, -0.05) is 42.5 Å². The number of methoxy groups -OCH3 is 1. The van der Waals surface area contributed by atoms with E-state index in [0.29, 0.717) is 13.0 Å². The lowest BCUT2D eigenvalue weighted by molar-refractivity contribution is -0.141. The average Bonchev–Trinajstić information content (AvgIpc) is 2.68. The number of benzene rings is 2. The van der Waals surface area contributed by atoms with Crippen molar-refractivity contribution in [1.82, 2.24) is 10.6 Å². The zero-order valence-electron chi connectivity index (χ0n) is 16.4. The van der Waals surface area contributed by atoms with Crippen LogP contribution in [0.5, 0.6) is 5.75 Å². The molecule has 5 heteroatoms. The van der Waals surface area contributed by atoms with Crippen LogP contribution in [-0.2, 0) is 16.0 Å². The van der Waals surface area contributed by atoms with Gasteiger partial charge in [0.2, 0.25) is 11.8 Å². The molecule has 0 aliphatic carbocycles. The summed E-state index contributed by atoms with van der Waals surface area (Å²) in [5.41, 5.74) is 0.945. The van der Waals surface area contributed by atoms with Crippen LogP contribution in [0.3, 0.4) is 0 Å². The molecule has 0 aliphatic rings. The third-order valence-electron chi connectivity index (χ3n) is 4.64. The first-order valence-corrected chi connectivity index (χ1v) is 9.11. The Kier molecular flexibility index (Phi) is 6.99. The summed E-state index contributed by atoms with van der Waals surface area (Å²) in [5, 5.41) is 5.79. The summed E-state index contributed by atoms with van der Waals surface area (Å²) in [5.74, 6) is 0.225. The molecule has 2 rings (SSSR count). The number of rotatable bonds is 8. The summed E-state index contributed by atoms with van der Waals surface area (Å²) < 4.78 is 5.13. The first kappa shape index (κ1) is 20.5. The molecule has 27 heavy (non-hydrogen) atoms. The van der Waals surface area contributed by atoms with Gasteiger partial charge in [-0.15, -0.1) is 0 Å². The van der Waals surface area contributed by atoms with E-state index in [1.165, 1.54) is 0 Å². The third-order valence-corrected chi connectivity index (χ3v) is 4.64. The second-order valence-corrected chi connectivity index (χ2v) is 7.08. The molecular formula is C22H28N2O3. The normalized spacial score (nSPS) is 12.1. The fraction of sp³-hybridized carbons (Fsp3) is 0.364. The van der Waals surface area contributed by atoms with E-state index in [2.05, 4.69) is 10.6 Å². The van der Waals surface area contributed by atoms with Crippen LogP contribution in [0, 0.1) is 5.41 Å². The van der Waals surface area contributed by atoms with Crippen molar-refractivity contribution in [1.29, 1.82) is 0 Å². The van der Waals surface area contributed by atoms with Crippen LogP contribution in [0.2, 0.25) is 0 Å². The van der Waals surface area contributed by atoms with Crippen LogP contribution in [0.15, 0.2) is 54.6 Å². The van der Waals surface area contributed by atoms with E-state index in [-0.39, 0.29) is 17.9 Å². The molecule has 2 amide bonds. The molecule has 1 atom stereocenters. The van der Waals surface area contributed by atoms with E-state index in [9.17, 15) is 9.59 Å². The van der Waals surface area contributed by atoms with Crippen molar-refractivity contribution in [3.63, 3.8) is 0 Å². The Balaban J connectivity index is 1.86. The fourth-order valence-corrected chi connectivity index (χ4v) is 2.64. The molecule has 0 heterocycles. The van der Waals surface area contributed by atoms with Gasteiger partial charge in [-0.25, -0.2) is 0 Å². The highest BCUT2D eigenvalue weighted by Crippen LogP contribution is 2.19. The van der Waals surface area contributed by atoms with Crippen molar-refractivity contribution in [2.24, 2.45) is 5.41 Å². The van der Waals surface area contributed by atoms with Gasteiger partial charge in [-0.05, 0) is 50.5 Å². The van der Waals surface area contributed by atoms with Crippen LogP contribution >= 0.6 is 0 Å².